The number of aliphatic hydroxyl groups is 2. The molecule has 9 unspecified atom stereocenters. The molecule has 0 aromatic rings. The summed E-state index contributed by atoms with van der Waals surface area (Å²) in [6, 6.07) is 0. The third-order valence-electron chi connectivity index (χ3n) is 10.2. The average Bonchev–Trinajstić information content (AvgIpc) is 3.45. The lowest BCUT2D eigenvalue weighted by atomic mass is 9.70. The summed E-state index contributed by atoms with van der Waals surface area (Å²) in [5.41, 5.74) is 3.59. The predicted molar refractivity (Wildman–Crippen MR) is 179 cm³/mol. The number of carboxylic acid groups (broad SMARTS) is 1. The third kappa shape index (κ3) is 10.0. The van der Waals surface area contributed by atoms with E-state index < -0.39 is 11.6 Å². The van der Waals surface area contributed by atoms with Crippen LogP contribution in [-0.2, 0) is 9.53 Å². The van der Waals surface area contributed by atoms with Crippen molar-refractivity contribution in [3.63, 3.8) is 0 Å². The number of aliphatic hydroxyl groups excluding tert-OH is 2. The van der Waals surface area contributed by atoms with Gasteiger partial charge in [-0.15, -0.1) is 0 Å². The molecule has 5 nitrogen and oxygen atoms in total. The van der Waals surface area contributed by atoms with E-state index in [0.29, 0.717) is 36.0 Å². The maximum absolute atomic E-state index is 12.0. The molecular formula is C38H62O5. The number of carboxylic acids is 1. The van der Waals surface area contributed by atoms with E-state index in [1.165, 1.54) is 11.1 Å². The van der Waals surface area contributed by atoms with Crippen LogP contribution in [0.5, 0.6) is 0 Å². The Kier molecular flexibility index (Phi) is 15.7. The van der Waals surface area contributed by atoms with Crippen molar-refractivity contribution in [2.75, 3.05) is 7.11 Å². The van der Waals surface area contributed by atoms with Crippen LogP contribution in [0.4, 0.5) is 0 Å². The van der Waals surface area contributed by atoms with Crippen molar-refractivity contribution >= 4 is 5.97 Å². The molecule has 0 aromatic heterocycles. The zero-order valence-corrected chi connectivity index (χ0v) is 28.4. The van der Waals surface area contributed by atoms with Gasteiger partial charge in [0, 0.05) is 7.11 Å². The van der Waals surface area contributed by atoms with Gasteiger partial charge in [0.25, 0.3) is 0 Å². The summed E-state index contributed by atoms with van der Waals surface area (Å²) in [5, 5.41) is 27.5. The highest BCUT2D eigenvalue weighted by atomic mass is 16.5. The van der Waals surface area contributed by atoms with Gasteiger partial charge in [0.2, 0.25) is 0 Å². The Hall–Kier alpha value is -1.95. The third-order valence-corrected chi connectivity index (χ3v) is 10.2. The standard InChI is InChI=1S/C35H52O4.C2H6.CH4O/c1-6-24(3)31-13-10-18-35(39-31)21-27(20-29(22-35)34(37)38)15-14-23(2)11-8-7-9-12-28-16-17-30-32(28)25(4)19-26(5)33(30)36;2*1-2/h7,9-10,12,14,18-19,24-25,27,29-33,36H,6,8,11,13,15-17,20-22H2,1-5H3,(H,37,38);1-2H3;2H,1H3/b9-7+,23-14+,28-12+;;. The topological polar surface area (TPSA) is 87.0 Å². The summed E-state index contributed by atoms with van der Waals surface area (Å²) in [6.45, 7) is 15.0. The first-order valence-corrected chi connectivity index (χ1v) is 17.0. The fourth-order valence-electron chi connectivity index (χ4n) is 7.83. The minimum Gasteiger partial charge on any atom is -0.481 e. The molecule has 5 heteroatoms. The maximum atomic E-state index is 12.0. The second-order valence-electron chi connectivity index (χ2n) is 13.2. The molecule has 0 aromatic carbocycles. The summed E-state index contributed by atoms with van der Waals surface area (Å²) >= 11 is 0. The van der Waals surface area contributed by atoms with Crippen LogP contribution < -0.4 is 0 Å². The molecule has 3 N–H and O–H groups in total. The Morgan fingerprint density at radius 1 is 1.23 bits per heavy atom. The van der Waals surface area contributed by atoms with E-state index in [2.05, 4.69) is 77.2 Å². The molecule has 2 saturated carbocycles. The first-order chi connectivity index (χ1) is 20.6. The molecule has 0 radical (unpaired) electrons. The molecule has 0 bridgehead atoms. The number of hydrogen-bond acceptors (Lipinski definition) is 4. The quantitative estimate of drug-likeness (QED) is 0.231. The van der Waals surface area contributed by atoms with Gasteiger partial charge in [-0.2, -0.15) is 0 Å². The Labute approximate surface area is 262 Å². The van der Waals surface area contributed by atoms with Crippen molar-refractivity contribution in [3.8, 4) is 0 Å². The number of carbonyl (C=O) groups is 1. The molecule has 4 aliphatic rings. The van der Waals surface area contributed by atoms with E-state index in [4.69, 9.17) is 9.84 Å². The van der Waals surface area contributed by atoms with Gasteiger partial charge in [-0.1, -0.05) is 94.7 Å². The lowest BCUT2D eigenvalue weighted by Crippen LogP contribution is -2.47. The minimum atomic E-state index is -0.682. The van der Waals surface area contributed by atoms with Gasteiger partial charge >= 0.3 is 5.97 Å². The molecule has 244 valence electrons. The molecule has 1 aliphatic heterocycles. The largest absolute Gasteiger partial charge is 0.481 e. The van der Waals surface area contributed by atoms with Gasteiger partial charge in [0.05, 0.1) is 23.7 Å². The van der Waals surface area contributed by atoms with Gasteiger partial charge in [0.1, 0.15) is 0 Å². The van der Waals surface area contributed by atoms with E-state index in [0.717, 1.165) is 70.5 Å². The zero-order chi connectivity index (χ0) is 32.2. The van der Waals surface area contributed by atoms with E-state index in [1.807, 2.05) is 13.8 Å². The Bertz CT molecular complexity index is 1020. The van der Waals surface area contributed by atoms with Gasteiger partial charge in [-0.05, 0) is 107 Å². The van der Waals surface area contributed by atoms with Crippen LogP contribution in [0.25, 0.3) is 0 Å². The van der Waals surface area contributed by atoms with Crippen LogP contribution in [0.2, 0.25) is 0 Å². The van der Waals surface area contributed by atoms with E-state index in [-0.39, 0.29) is 18.1 Å². The smallest absolute Gasteiger partial charge is 0.306 e. The van der Waals surface area contributed by atoms with Crippen molar-refractivity contribution in [1.82, 2.24) is 0 Å². The summed E-state index contributed by atoms with van der Waals surface area (Å²) in [6.07, 6.45) is 25.1. The lowest BCUT2D eigenvalue weighted by Gasteiger charge is -2.46. The predicted octanol–water partition coefficient (Wildman–Crippen LogP) is 8.83. The summed E-state index contributed by atoms with van der Waals surface area (Å²) in [7, 11) is 1.00. The molecule has 9 atom stereocenters. The Morgan fingerprint density at radius 3 is 2.63 bits per heavy atom. The highest BCUT2D eigenvalue weighted by Gasteiger charge is 2.45. The molecule has 0 amide bonds. The summed E-state index contributed by atoms with van der Waals surface area (Å²) in [4.78, 5) is 12.0. The van der Waals surface area contributed by atoms with Crippen molar-refractivity contribution in [1.29, 1.82) is 0 Å². The lowest BCUT2D eigenvalue weighted by molar-refractivity contribution is -0.157. The van der Waals surface area contributed by atoms with Crippen LogP contribution in [0, 0.1) is 35.5 Å². The van der Waals surface area contributed by atoms with Crippen LogP contribution in [0.3, 0.4) is 0 Å². The minimum absolute atomic E-state index is 0.189. The van der Waals surface area contributed by atoms with Crippen LogP contribution >= 0.6 is 0 Å². The fraction of sp³-hybridized carbons (Fsp3) is 0.711. The normalized spacial score (nSPS) is 35.5. The Morgan fingerprint density at radius 2 is 1.95 bits per heavy atom. The second kappa shape index (κ2) is 18.1. The van der Waals surface area contributed by atoms with Crippen LogP contribution in [-0.4, -0.2) is 46.2 Å². The molecule has 3 aliphatic carbocycles. The summed E-state index contributed by atoms with van der Waals surface area (Å²) in [5.74, 6) is 1.15. The van der Waals surface area contributed by atoms with Crippen LogP contribution in [0.15, 0.2) is 59.3 Å². The number of ether oxygens (including phenoxy) is 1. The molecule has 4 rings (SSSR count). The number of hydrogen-bond donors (Lipinski definition) is 3. The monoisotopic (exact) mass is 598 g/mol. The fourth-order valence-corrected chi connectivity index (χ4v) is 7.83. The summed E-state index contributed by atoms with van der Waals surface area (Å²) < 4.78 is 6.67. The van der Waals surface area contributed by atoms with Crippen LogP contribution in [0.1, 0.15) is 113 Å². The number of allylic oxidation sites excluding steroid dienone is 7. The van der Waals surface area contributed by atoms with E-state index in [1.54, 1.807) is 0 Å². The molecule has 43 heavy (non-hydrogen) atoms. The van der Waals surface area contributed by atoms with Crippen molar-refractivity contribution in [2.24, 2.45) is 35.5 Å². The Balaban J connectivity index is 0.00000155. The average molecular weight is 599 g/mol. The first-order valence-electron chi connectivity index (χ1n) is 17.0. The number of fused-ring (bicyclic) bond motifs is 1. The highest BCUT2D eigenvalue weighted by molar-refractivity contribution is 5.70. The molecule has 1 spiro atoms. The maximum Gasteiger partial charge on any atom is 0.306 e. The van der Waals surface area contributed by atoms with Gasteiger partial charge < -0.3 is 20.1 Å². The second-order valence-corrected chi connectivity index (χ2v) is 13.2. The molecular weight excluding hydrogens is 536 g/mol. The van der Waals surface area contributed by atoms with Crippen molar-refractivity contribution < 1.29 is 24.9 Å². The van der Waals surface area contributed by atoms with Crippen molar-refractivity contribution in [2.45, 2.75) is 130 Å². The molecule has 2 fully saturated rings. The van der Waals surface area contributed by atoms with E-state index in [9.17, 15) is 15.0 Å². The van der Waals surface area contributed by atoms with Gasteiger partial charge in [-0.25, -0.2) is 0 Å². The number of rotatable bonds is 9. The zero-order valence-electron chi connectivity index (χ0n) is 28.4. The van der Waals surface area contributed by atoms with Gasteiger partial charge in [0.15, 0.2) is 0 Å². The van der Waals surface area contributed by atoms with Gasteiger partial charge in [-0.3, -0.25) is 4.79 Å². The number of aliphatic carboxylic acids is 1. The van der Waals surface area contributed by atoms with E-state index >= 15 is 0 Å². The first kappa shape index (κ1) is 37.2. The molecule has 0 saturated heterocycles. The highest BCUT2D eigenvalue weighted by Crippen LogP contribution is 2.48. The molecule has 1 heterocycles. The van der Waals surface area contributed by atoms with Crippen molar-refractivity contribution in [3.05, 3.63) is 59.3 Å². The SMILES string of the molecule is CC.CCC(C)C1CC=CC2(CC(C/C=C(\C)CC/C=C/C=C3\CCC4C(O)C(C)=CC(C)C34)CC(C(=O)O)C2)O1.CO.